The molecule has 0 bridgehead atoms. The number of phenolic OH excluding ortho intramolecular Hbond substituents is 1. The Morgan fingerprint density at radius 2 is 2.19 bits per heavy atom. The van der Waals surface area contributed by atoms with Crippen molar-refractivity contribution in [3.63, 3.8) is 0 Å². The van der Waals surface area contributed by atoms with Crippen molar-refractivity contribution in [2.24, 2.45) is 5.10 Å². The van der Waals surface area contributed by atoms with Gasteiger partial charge in [-0.2, -0.15) is 10.2 Å². The number of rotatable bonds is 6. The number of amides is 1. The van der Waals surface area contributed by atoms with Gasteiger partial charge in [-0.3, -0.25) is 9.89 Å². The molecule has 0 aliphatic heterocycles. The summed E-state index contributed by atoms with van der Waals surface area (Å²) < 4.78 is 6.27. The Morgan fingerprint density at radius 3 is 3.00 bits per heavy atom. The van der Waals surface area contributed by atoms with Crippen molar-refractivity contribution in [2.75, 3.05) is 6.61 Å². The van der Waals surface area contributed by atoms with Gasteiger partial charge in [-0.25, -0.2) is 5.43 Å². The Bertz CT molecular complexity index is 985. The number of phenols is 1. The largest absolute Gasteiger partial charge is 0.507 e. The van der Waals surface area contributed by atoms with Crippen LogP contribution in [-0.2, 0) is 0 Å². The van der Waals surface area contributed by atoms with Gasteiger partial charge < -0.3 is 9.84 Å². The molecule has 3 aromatic rings. The Labute approximate surface area is 164 Å². The topological polar surface area (TPSA) is 99.6 Å². The van der Waals surface area contributed by atoms with Crippen molar-refractivity contribution >= 4 is 28.1 Å². The van der Waals surface area contributed by atoms with Gasteiger partial charge in [-0.05, 0) is 43.3 Å². The molecule has 27 heavy (non-hydrogen) atoms. The van der Waals surface area contributed by atoms with Gasteiger partial charge in [0.2, 0.25) is 0 Å². The van der Waals surface area contributed by atoms with E-state index in [0.29, 0.717) is 17.9 Å². The normalized spacial score (nSPS) is 10.9. The first-order valence-corrected chi connectivity index (χ1v) is 8.96. The Hall–Kier alpha value is -3.13. The molecule has 7 nitrogen and oxygen atoms in total. The quantitative estimate of drug-likeness (QED) is 0.411. The summed E-state index contributed by atoms with van der Waals surface area (Å²) in [5, 5.41) is 20.5. The van der Waals surface area contributed by atoms with Crippen molar-refractivity contribution < 1.29 is 14.6 Å². The number of benzene rings is 2. The van der Waals surface area contributed by atoms with Crippen LogP contribution in [0.3, 0.4) is 0 Å². The number of aromatic hydroxyl groups is 1. The van der Waals surface area contributed by atoms with E-state index in [0.717, 1.165) is 15.8 Å². The van der Waals surface area contributed by atoms with Gasteiger partial charge in [0, 0.05) is 15.6 Å². The van der Waals surface area contributed by atoms with Crippen molar-refractivity contribution in [3.05, 3.63) is 64.3 Å². The molecule has 138 valence electrons. The molecule has 0 unspecified atom stereocenters. The number of nitrogens with one attached hydrogen (secondary N) is 2. The second-order valence-corrected chi connectivity index (χ2v) is 6.45. The van der Waals surface area contributed by atoms with Crippen molar-refractivity contribution in [1.29, 1.82) is 0 Å². The van der Waals surface area contributed by atoms with Gasteiger partial charge in [0.15, 0.2) is 0 Å². The number of aromatic nitrogens is 2. The highest BCUT2D eigenvalue weighted by Gasteiger charge is 2.11. The number of carbonyl (C=O) groups is 1. The van der Waals surface area contributed by atoms with Crippen LogP contribution < -0.4 is 10.2 Å². The van der Waals surface area contributed by atoms with E-state index in [1.165, 1.54) is 12.3 Å². The average Bonchev–Trinajstić information content (AvgIpc) is 3.15. The highest BCUT2D eigenvalue weighted by Crippen LogP contribution is 2.23. The summed E-state index contributed by atoms with van der Waals surface area (Å²) in [5.41, 5.74) is 4.59. The molecular weight excluding hydrogens is 412 g/mol. The number of hydrazone groups is 1. The van der Waals surface area contributed by atoms with Gasteiger partial charge in [0.25, 0.3) is 5.91 Å². The first kappa shape index (κ1) is 18.7. The van der Waals surface area contributed by atoms with E-state index in [9.17, 15) is 9.90 Å². The molecule has 0 atom stereocenters. The molecule has 1 heterocycles. The van der Waals surface area contributed by atoms with Gasteiger partial charge in [0.05, 0.1) is 18.5 Å². The highest BCUT2D eigenvalue weighted by molar-refractivity contribution is 9.10. The Kier molecular flexibility index (Phi) is 5.87. The van der Waals surface area contributed by atoms with Crippen LogP contribution >= 0.6 is 15.9 Å². The van der Waals surface area contributed by atoms with E-state index in [1.54, 1.807) is 18.2 Å². The lowest BCUT2D eigenvalue weighted by molar-refractivity contribution is 0.0950. The number of aromatic amines is 1. The van der Waals surface area contributed by atoms with E-state index in [4.69, 9.17) is 4.74 Å². The third kappa shape index (κ3) is 4.73. The van der Waals surface area contributed by atoms with Gasteiger partial charge in [-0.15, -0.1) is 0 Å². The third-order valence-corrected chi connectivity index (χ3v) is 4.12. The van der Waals surface area contributed by atoms with Crippen LogP contribution in [0.5, 0.6) is 11.5 Å². The number of carbonyl (C=O) groups excluding carboxylic acids is 1. The molecule has 0 saturated heterocycles. The summed E-state index contributed by atoms with van der Waals surface area (Å²) in [7, 11) is 0. The average molecular weight is 429 g/mol. The van der Waals surface area contributed by atoms with Gasteiger partial charge in [-0.1, -0.05) is 28.1 Å². The van der Waals surface area contributed by atoms with Crippen LogP contribution in [0.2, 0.25) is 0 Å². The molecule has 2 aromatic carbocycles. The molecule has 0 spiro atoms. The highest BCUT2D eigenvalue weighted by atomic mass is 79.9. The van der Waals surface area contributed by atoms with E-state index in [-0.39, 0.29) is 11.4 Å². The summed E-state index contributed by atoms with van der Waals surface area (Å²) >= 11 is 3.31. The monoisotopic (exact) mass is 428 g/mol. The number of nitrogens with zero attached hydrogens (tertiary/aromatic N) is 2. The number of hydrogen-bond acceptors (Lipinski definition) is 5. The molecule has 0 saturated carbocycles. The minimum Gasteiger partial charge on any atom is -0.507 e. The van der Waals surface area contributed by atoms with Crippen LogP contribution in [0.25, 0.3) is 11.3 Å². The predicted molar refractivity (Wildman–Crippen MR) is 106 cm³/mol. The molecule has 0 aliphatic rings. The molecule has 8 heteroatoms. The zero-order valence-corrected chi connectivity index (χ0v) is 16.0. The zero-order valence-electron chi connectivity index (χ0n) is 14.4. The lowest BCUT2D eigenvalue weighted by Gasteiger charge is -2.03. The summed E-state index contributed by atoms with van der Waals surface area (Å²) in [4.78, 5) is 12.2. The van der Waals surface area contributed by atoms with Crippen molar-refractivity contribution in [2.45, 2.75) is 6.92 Å². The Morgan fingerprint density at radius 1 is 1.33 bits per heavy atom. The van der Waals surface area contributed by atoms with Crippen LogP contribution in [-0.4, -0.2) is 34.0 Å². The number of hydrogen-bond donors (Lipinski definition) is 3. The van der Waals surface area contributed by atoms with Crippen LogP contribution in [0.4, 0.5) is 0 Å². The molecule has 3 N–H and O–H groups in total. The van der Waals surface area contributed by atoms with Crippen LogP contribution in [0.1, 0.15) is 23.0 Å². The summed E-state index contributed by atoms with van der Waals surface area (Å²) in [6.07, 6.45) is 1.36. The molecule has 1 aromatic heterocycles. The van der Waals surface area contributed by atoms with E-state index in [1.807, 2.05) is 31.2 Å². The number of H-pyrrole nitrogens is 1. The van der Waals surface area contributed by atoms with Crippen molar-refractivity contribution in [3.8, 4) is 22.8 Å². The fourth-order valence-corrected chi connectivity index (χ4v) is 2.73. The van der Waals surface area contributed by atoms with Crippen LogP contribution in [0.15, 0.2) is 58.1 Å². The molecule has 1 amide bonds. The number of halogens is 1. The minimum atomic E-state index is -0.444. The predicted octanol–water partition coefficient (Wildman–Crippen LogP) is 3.71. The minimum absolute atomic E-state index is 0.0641. The maximum Gasteiger partial charge on any atom is 0.289 e. The fourth-order valence-electron chi connectivity index (χ4n) is 2.35. The van der Waals surface area contributed by atoms with Crippen LogP contribution in [0, 0.1) is 0 Å². The summed E-state index contributed by atoms with van der Waals surface area (Å²) in [5.74, 6) is 0.358. The SMILES string of the molecule is CCOc1cccc(-c2cc(C(=O)N/N=C/c3cc(Br)ccc3O)[nH]n2)c1. The van der Waals surface area contributed by atoms with Gasteiger partial charge in [0.1, 0.15) is 17.2 Å². The molecule has 3 rings (SSSR count). The Balaban J connectivity index is 1.69. The second kappa shape index (κ2) is 8.50. The smallest absolute Gasteiger partial charge is 0.289 e. The maximum atomic E-state index is 12.2. The lowest BCUT2D eigenvalue weighted by Crippen LogP contribution is -2.18. The third-order valence-electron chi connectivity index (χ3n) is 3.62. The summed E-state index contributed by atoms with van der Waals surface area (Å²) in [6.45, 7) is 2.49. The first-order chi connectivity index (χ1) is 13.1. The second-order valence-electron chi connectivity index (χ2n) is 5.53. The fraction of sp³-hybridized carbons (Fsp3) is 0.105. The molecule has 0 fully saturated rings. The van der Waals surface area contributed by atoms with E-state index < -0.39 is 5.91 Å². The standard InChI is InChI=1S/C19H17BrN4O3/c1-2-27-15-5-3-4-12(9-15)16-10-17(23-22-16)19(26)24-21-11-13-8-14(20)6-7-18(13)25/h3-11,25H,2H2,1H3,(H,22,23)(H,24,26)/b21-11+. The molecule has 0 aliphatic carbocycles. The number of ether oxygens (including phenoxy) is 1. The molecule has 0 radical (unpaired) electrons. The summed E-state index contributed by atoms with van der Waals surface area (Å²) in [6, 6.07) is 14.0. The van der Waals surface area contributed by atoms with Crippen molar-refractivity contribution in [1.82, 2.24) is 15.6 Å². The van der Waals surface area contributed by atoms with E-state index >= 15 is 0 Å². The first-order valence-electron chi connectivity index (χ1n) is 8.17. The lowest BCUT2D eigenvalue weighted by atomic mass is 10.1. The molecular formula is C19H17BrN4O3. The maximum absolute atomic E-state index is 12.2. The van der Waals surface area contributed by atoms with Gasteiger partial charge >= 0.3 is 0 Å². The van der Waals surface area contributed by atoms with E-state index in [2.05, 4.69) is 36.7 Å². The zero-order chi connectivity index (χ0) is 19.2.